The number of benzene rings is 1. The van der Waals surface area contributed by atoms with Crippen LogP contribution >= 0.6 is 0 Å². The molecule has 2 atom stereocenters. The van der Waals surface area contributed by atoms with Gasteiger partial charge >= 0.3 is 0 Å². The van der Waals surface area contributed by atoms with E-state index < -0.39 is 0 Å². The van der Waals surface area contributed by atoms with Crippen LogP contribution in [0, 0.1) is 5.92 Å². The Balaban J connectivity index is 1.78. The van der Waals surface area contributed by atoms with Crippen LogP contribution in [0.5, 0.6) is 5.75 Å². The molecule has 1 saturated heterocycles. The van der Waals surface area contributed by atoms with Gasteiger partial charge in [0.2, 0.25) is 11.8 Å². The van der Waals surface area contributed by atoms with Gasteiger partial charge in [0.05, 0.1) is 19.1 Å². The quantitative estimate of drug-likeness (QED) is 0.895. The number of nitrogens with zero attached hydrogens (tertiary/aromatic N) is 2. The van der Waals surface area contributed by atoms with Gasteiger partial charge in [0, 0.05) is 32.4 Å². The minimum Gasteiger partial charge on any atom is -0.497 e. The fourth-order valence-corrected chi connectivity index (χ4v) is 3.39. The molecule has 1 aromatic heterocycles. The van der Waals surface area contributed by atoms with Gasteiger partial charge in [-0.3, -0.25) is 14.6 Å². The number of carbonyl (C=O) groups is 2. The molecule has 2 heterocycles. The number of methoxy groups -OCH3 is 1. The number of pyridine rings is 1. The van der Waals surface area contributed by atoms with Gasteiger partial charge in [0.1, 0.15) is 5.75 Å². The number of rotatable bonds is 5. The van der Waals surface area contributed by atoms with Crippen molar-refractivity contribution in [1.82, 2.24) is 15.2 Å². The molecule has 1 aromatic carbocycles. The molecule has 1 N–H and O–H groups in total. The first-order valence-electron chi connectivity index (χ1n) is 8.66. The first-order chi connectivity index (χ1) is 12.6. The van der Waals surface area contributed by atoms with Crippen molar-refractivity contribution >= 4 is 11.8 Å². The highest BCUT2D eigenvalue weighted by atomic mass is 16.5. The van der Waals surface area contributed by atoms with Crippen molar-refractivity contribution in [3.63, 3.8) is 0 Å². The summed E-state index contributed by atoms with van der Waals surface area (Å²) in [6, 6.07) is 11.0. The van der Waals surface area contributed by atoms with E-state index in [2.05, 4.69) is 10.3 Å². The molecule has 0 saturated carbocycles. The van der Waals surface area contributed by atoms with Crippen LogP contribution in [0.4, 0.5) is 0 Å². The summed E-state index contributed by atoms with van der Waals surface area (Å²) in [5.74, 6) is 0.468. The molecule has 136 valence electrons. The van der Waals surface area contributed by atoms with Crippen LogP contribution in [-0.4, -0.2) is 35.9 Å². The summed E-state index contributed by atoms with van der Waals surface area (Å²) in [4.78, 5) is 30.8. The molecule has 1 fully saturated rings. The Bertz CT molecular complexity index is 762. The number of ether oxygens (including phenoxy) is 1. The van der Waals surface area contributed by atoms with Crippen molar-refractivity contribution in [1.29, 1.82) is 0 Å². The van der Waals surface area contributed by atoms with Crippen molar-refractivity contribution in [2.75, 3.05) is 14.2 Å². The number of aromatic nitrogens is 1. The van der Waals surface area contributed by atoms with Crippen molar-refractivity contribution in [3.05, 3.63) is 59.9 Å². The monoisotopic (exact) mass is 353 g/mol. The number of hydrogen-bond donors (Lipinski definition) is 1. The van der Waals surface area contributed by atoms with E-state index in [1.165, 1.54) is 0 Å². The molecule has 26 heavy (non-hydrogen) atoms. The molecule has 2 amide bonds. The molecule has 6 nitrogen and oxygen atoms in total. The summed E-state index contributed by atoms with van der Waals surface area (Å²) in [7, 11) is 3.37. The number of likely N-dealkylation sites (tertiary alicyclic amines) is 1. The Kier molecular flexibility index (Phi) is 5.51. The maximum Gasteiger partial charge on any atom is 0.225 e. The standard InChI is InChI=1S/C20H23N3O3/c1-23-18(24)10-9-17(19(23)15-5-7-16(26-2)8-6-15)20(25)22-13-14-4-3-11-21-12-14/h3-8,11-12,17,19H,9-10,13H2,1-2H3,(H,22,25)/t17-,19+/m0/s1. The molecule has 0 bridgehead atoms. The molecule has 0 aliphatic carbocycles. The second kappa shape index (κ2) is 7.99. The Labute approximate surface area is 153 Å². The summed E-state index contributed by atoms with van der Waals surface area (Å²) in [5.41, 5.74) is 1.88. The molecular weight excluding hydrogens is 330 g/mol. The third kappa shape index (κ3) is 3.85. The molecule has 3 rings (SSSR count). The first kappa shape index (κ1) is 17.9. The molecule has 6 heteroatoms. The van der Waals surface area contributed by atoms with Crippen LogP contribution in [0.3, 0.4) is 0 Å². The smallest absolute Gasteiger partial charge is 0.225 e. The van der Waals surface area contributed by atoms with Gasteiger partial charge in [0.25, 0.3) is 0 Å². The highest BCUT2D eigenvalue weighted by Crippen LogP contribution is 2.36. The van der Waals surface area contributed by atoms with Crippen molar-refractivity contribution in [2.45, 2.75) is 25.4 Å². The number of hydrogen-bond acceptors (Lipinski definition) is 4. The van der Waals surface area contributed by atoms with Crippen LogP contribution < -0.4 is 10.1 Å². The zero-order valence-corrected chi connectivity index (χ0v) is 15.0. The first-order valence-corrected chi connectivity index (χ1v) is 8.66. The normalized spacial score (nSPS) is 19.9. The van der Waals surface area contributed by atoms with Crippen LogP contribution in [0.1, 0.15) is 30.0 Å². The van der Waals surface area contributed by atoms with E-state index >= 15 is 0 Å². The van der Waals surface area contributed by atoms with Crippen LogP contribution in [0.25, 0.3) is 0 Å². The Morgan fingerprint density at radius 3 is 2.73 bits per heavy atom. The molecule has 0 unspecified atom stereocenters. The Hall–Kier alpha value is -2.89. The highest BCUT2D eigenvalue weighted by Gasteiger charge is 2.38. The number of amides is 2. The molecule has 1 aliphatic heterocycles. The summed E-state index contributed by atoms with van der Waals surface area (Å²) >= 11 is 0. The Morgan fingerprint density at radius 1 is 1.31 bits per heavy atom. The lowest BCUT2D eigenvalue weighted by molar-refractivity contribution is -0.141. The number of carbonyl (C=O) groups excluding carboxylic acids is 2. The third-order valence-corrected chi connectivity index (χ3v) is 4.84. The van der Waals surface area contributed by atoms with E-state index in [1.54, 1.807) is 31.5 Å². The van der Waals surface area contributed by atoms with Gasteiger partial charge in [-0.25, -0.2) is 0 Å². The largest absolute Gasteiger partial charge is 0.497 e. The SMILES string of the molecule is COc1ccc([C@@H]2[C@@H](C(=O)NCc3cccnc3)CCC(=O)N2C)cc1. The summed E-state index contributed by atoms with van der Waals surface area (Å²) in [6.45, 7) is 0.427. The maximum atomic E-state index is 12.8. The predicted molar refractivity (Wildman–Crippen MR) is 97.3 cm³/mol. The number of nitrogens with one attached hydrogen (secondary N) is 1. The lowest BCUT2D eigenvalue weighted by Crippen LogP contribution is -2.46. The summed E-state index contributed by atoms with van der Waals surface area (Å²) in [6.07, 6.45) is 4.36. The second-order valence-electron chi connectivity index (χ2n) is 6.45. The van der Waals surface area contributed by atoms with Gasteiger partial charge in [-0.1, -0.05) is 18.2 Å². The zero-order valence-electron chi connectivity index (χ0n) is 15.0. The van der Waals surface area contributed by atoms with Gasteiger partial charge in [0.15, 0.2) is 0 Å². The van der Waals surface area contributed by atoms with E-state index in [4.69, 9.17) is 4.74 Å². The topological polar surface area (TPSA) is 71.5 Å². The summed E-state index contributed by atoms with van der Waals surface area (Å²) in [5, 5.41) is 2.98. The maximum absolute atomic E-state index is 12.8. The lowest BCUT2D eigenvalue weighted by atomic mass is 9.84. The molecule has 0 spiro atoms. The van der Waals surface area contributed by atoms with Gasteiger partial charge in [-0.2, -0.15) is 0 Å². The van der Waals surface area contributed by atoms with E-state index in [0.29, 0.717) is 19.4 Å². The van der Waals surface area contributed by atoms with Gasteiger partial charge in [-0.15, -0.1) is 0 Å². The van der Waals surface area contributed by atoms with Crippen LogP contribution in [-0.2, 0) is 16.1 Å². The van der Waals surface area contributed by atoms with E-state index in [-0.39, 0.29) is 23.8 Å². The van der Waals surface area contributed by atoms with Gasteiger partial charge < -0.3 is 15.0 Å². The predicted octanol–water partition coefficient (Wildman–Crippen LogP) is 2.32. The van der Waals surface area contributed by atoms with Crippen molar-refractivity contribution in [2.24, 2.45) is 5.92 Å². The van der Waals surface area contributed by atoms with Gasteiger partial charge in [-0.05, 0) is 35.7 Å². The van der Waals surface area contributed by atoms with Crippen molar-refractivity contribution < 1.29 is 14.3 Å². The fourth-order valence-electron chi connectivity index (χ4n) is 3.39. The zero-order chi connectivity index (χ0) is 18.5. The third-order valence-electron chi connectivity index (χ3n) is 4.84. The Morgan fingerprint density at radius 2 is 2.08 bits per heavy atom. The highest BCUT2D eigenvalue weighted by molar-refractivity contribution is 5.84. The van der Waals surface area contributed by atoms with Crippen LogP contribution in [0.15, 0.2) is 48.8 Å². The molecule has 1 aliphatic rings. The summed E-state index contributed by atoms with van der Waals surface area (Å²) < 4.78 is 5.20. The lowest BCUT2D eigenvalue weighted by Gasteiger charge is -2.38. The fraction of sp³-hybridized carbons (Fsp3) is 0.350. The minimum absolute atomic E-state index is 0.0472. The second-order valence-corrected chi connectivity index (χ2v) is 6.45. The molecular formula is C20H23N3O3. The molecule has 2 aromatic rings. The van der Waals surface area contributed by atoms with E-state index in [1.807, 2.05) is 36.4 Å². The minimum atomic E-state index is -0.289. The number of piperidine rings is 1. The average molecular weight is 353 g/mol. The van der Waals surface area contributed by atoms with E-state index in [9.17, 15) is 9.59 Å². The van der Waals surface area contributed by atoms with Crippen molar-refractivity contribution in [3.8, 4) is 5.75 Å². The average Bonchev–Trinajstić information content (AvgIpc) is 2.69. The molecule has 0 radical (unpaired) electrons. The van der Waals surface area contributed by atoms with Crippen LogP contribution in [0.2, 0.25) is 0 Å². The van der Waals surface area contributed by atoms with E-state index in [0.717, 1.165) is 16.9 Å².